The quantitative estimate of drug-likeness (QED) is 0.886. The maximum absolute atomic E-state index is 9.52. The van der Waals surface area contributed by atoms with Crippen molar-refractivity contribution in [3.8, 4) is 0 Å². The molecule has 106 valence electrons. The van der Waals surface area contributed by atoms with Crippen molar-refractivity contribution in [2.75, 3.05) is 31.1 Å². The fourth-order valence-corrected chi connectivity index (χ4v) is 2.77. The summed E-state index contributed by atoms with van der Waals surface area (Å²) in [6, 6.07) is 6.36. The number of aryl methyl sites for hydroxylation is 1. The van der Waals surface area contributed by atoms with Crippen molar-refractivity contribution in [2.45, 2.75) is 39.8 Å². The van der Waals surface area contributed by atoms with Crippen LogP contribution >= 0.6 is 0 Å². The van der Waals surface area contributed by atoms with Gasteiger partial charge in [0.25, 0.3) is 0 Å². The molecule has 0 radical (unpaired) electrons. The molecule has 0 aromatic heterocycles. The van der Waals surface area contributed by atoms with E-state index in [4.69, 9.17) is 0 Å². The molecule has 3 nitrogen and oxygen atoms in total. The molecule has 0 atom stereocenters. The number of aliphatic hydroxyl groups excluding tert-OH is 1. The minimum atomic E-state index is 0.122. The van der Waals surface area contributed by atoms with Crippen LogP contribution in [0.25, 0.3) is 0 Å². The van der Waals surface area contributed by atoms with Crippen LogP contribution in [0.4, 0.5) is 5.69 Å². The third-order valence-electron chi connectivity index (χ3n) is 3.97. The summed E-state index contributed by atoms with van der Waals surface area (Å²) in [4.78, 5) is 4.92. The Bertz CT molecular complexity index is 429. The predicted octanol–water partition coefficient (Wildman–Crippen LogP) is 2.41. The topological polar surface area (TPSA) is 26.7 Å². The first-order chi connectivity index (χ1) is 8.91. The third-order valence-corrected chi connectivity index (χ3v) is 3.97. The minimum absolute atomic E-state index is 0.122. The van der Waals surface area contributed by atoms with Crippen LogP contribution in [-0.2, 0) is 6.61 Å². The van der Waals surface area contributed by atoms with E-state index in [1.165, 1.54) is 11.3 Å². The lowest BCUT2D eigenvalue weighted by molar-refractivity contribution is 0.128. The molecule has 1 aliphatic rings. The molecule has 1 saturated heterocycles. The largest absolute Gasteiger partial charge is 0.392 e. The van der Waals surface area contributed by atoms with Crippen LogP contribution in [0.15, 0.2) is 18.2 Å². The van der Waals surface area contributed by atoms with Crippen LogP contribution in [0.2, 0.25) is 0 Å². The molecule has 1 aliphatic heterocycles. The second-order valence-electron chi connectivity index (χ2n) is 6.44. The van der Waals surface area contributed by atoms with Crippen molar-refractivity contribution in [1.29, 1.82) is 0 Å². The Kier molecular flexibility index (Phi) is 4.16. The van der Waals surface area contributed by atoms with Gasteiger partial charge in [-0.15, -0.1) is 0 Å². The first-order valence-electron chi connectivity index (χ1n) is 7.12. The van der Waals surface area contributed by atoms with E-state index in [2.05, 4.69) is 55.7 Å². The van der Waals surface area contributed by atoms with Crippen LogP contribution in [0.1, 0.15) is 31.9 Å². The number of benzene rings is 1. The highest BCUT2D eigenvalue weighted by molar-refractivity contribution is 5.55. The molecule has 0 saturated carbocycles. The summed E-state index contributed by atoms with van der Waals surface area (Å²) in [6.07, 6.45) is 0. The van der Waals surface area contributed by atoms with Gasteiger partial charge in [0.05, 0.1) is 6.61 Å². The van der Waals surface area contributed by atoms with Crippen molar-refractivity contribution in [3.05, 3.63) is 29.3 Å². The van der Waals surface area contributed by atoms with Gasteiger partial charge in [0, 0.05) is 43.0 Å². The Morgan fingerprint density at radius 3 is 2.26 bits per heavy atom. The molecule has 1 aromatic carbocycles. The highest BCUT2D eigenvalue weighted by Crippen LogP contribution is 2.25. The van der Waals surface area contributed by atoms with Gasteiger partial charge in [0.2, 0.25) is 0 Å². The first kappa shape index (κ1) is 14.4. The summed E-state index contributed by atoms with van der Waals surface area (Å²) in [5.41, 5.74) is 3.70. The van der Waals surface area contributed by atoms with Crippen molar-refractivity contribution >= 4 is 5.69 Å². The van der Waals surface area contributed by atoms with Gasteiger partial charge in [0.1, 0.15) is 0 Å². The van der Waals surface area contributed by atoms with Crippen LogP contribution in [0.3, 0.4) is 0 Å². The number of anilines is 1. The van der Waals surface area contributed by atoms with Gasteiger partial charge in [-0.25, -0.2) is 0 Å². The SMILES string of the molecule is Cc1ccc(N2CCN(C(C)(C)C)CC2)c(CO)c1. The summed E-state index contributed by atoms with van der Waals surface area (Å²) in [6.45, 7) is 13.2. The zero-order chi connectivity index (χ0) is 14.0. The van der Waals surface area contributed by atoms with Gasteiger partial charge in [-0.3, -0.25) is 4.90 Å². The summed E-state index contributed by atoms with van der Waals surface area (Å²) in [5.74, 6) is 0. The standard InChI is InChI=1S/C16H26N2O/c1-13-5-6-15(14(11-13)12-19)17-7-9-18(10-8-17)16(2,3)4/h5-6,11,19H,7-10,12H2,1-4H3. The maximum atomic E-state index is 9.52. The molecular weight excluding hydrogens is 236 g/mol. The normalized spacial score (nSPS) is 17.8. The number of hydrogen-bond donors (Lipinski definition) is 1. The Balaban J connectivity index is 2.10. The molecule has 0 amide bonds. The van der Waals surface area contributed by atoms with E-state index >= 15 is 0 Å². The van der Waals surface area contributed by atoms with Crippen LogP contribution < -0.4 is 4.90 Å². The second kappa shape index (κ2) is 5.51. The maximum Gasteiger partial charge on any atom is 0.0702 e. The van der Waals surface area contributed by atoms with Gasteiger partial charge in [0.15, 0.2) is 0 Å². The van der Waals surface area contributed by atoms with Crippen LogP contribution in [-0.4, -0.2) is 41.7 Å². The molecule has 3 heteroatoms. The lowest BCUT2D eigenvalue weighted by Crippen LogP contribution is -2.53. The lowest BCUT2D eigenvalue weighted by atomic mass is 10.0. The van der Waals surface area contributed by atoms with Gasteiger partial charge in [-0.1, -0.05) is 17.7 Å². The molecule has 0 unspecified atom stereocenters. The number of rotatable bonds is 2. The Labute approximate surface area is 116 Å². The van der Waals surface area contributed by atoms with Crippen molar-refractivity contribution in [1.82, 2.24) is 4.90 Å². The zero-order valence-corrected chi connectivity index (χ0v) is 12.6. The van der Waals surface area contributed by atoms with Gasteiger partial charge in [-0.2, -0.15) is 0 Å². The van der Waals surface area contributed by atoms with E-state index in [0.29, 0.717) is 0 Å². The second-order valence-corrected chi connectivity index (χ2v) is 6.44. The monoisotopic (exact) mass is 262 g/mol. The van der Waals surface area contributed by atoms with Crippen molar-refractivity contribution in [2.24, 2.45) is 0 Å². The predicted molar refractivity (Wildman–Crippen MR) is 80.6 cm³/mol. The molecule has 1 fully saturated rings. The molecular formula is C16H26N2O. The van der Waals surface area contributed by atoms with E-state index in [1.807, 2.05) is 0 Å². The molecule has 19 heavy (non-hydrogen) atoms. The van der Waals surface area contributed by atoms with Crippen molar-refractivity contribution in [3.63, 3.8) is 0 Å². The minimum Gasteiger partial charge on any atom is -0.392 e. The number of nitrogens with zero attached hydrogens (tertiary/aromatic N) is 2. The highest BCUT2D eigenvalue weighted by atomic mass is 16.3. The number of hydrogen-bond acceptors (Lipinski definition) is 3. The summed E-state index contributed by atoms with van der Waals surface area (Å²) < 4.78 is 0. The van der Waals surface area contributed by atoms with E-state index in [0.717, 1.165) is 31.7 Å². The Hall–Kier alpha value is -1.06. The lowest BCUT2D eigenvalue weighted by Gasteiger charge is -2.43. The van der Waals surface area contributed by atoms with Gasteiger partial charge >= 0.3 is 0 Å². The average molecular weight is 262 g/mol. The van der Waals surface area contributed by atoms with E-state index < -0.39 is 0 Å². The molecule has 0 aliphatic carbocycles. The van der Waals surface area contributed by atoms with Crippen LogP contribution in [0.5, 0.6) is 0 Å². The molecule has 1 aromatic rings. The van der Waals surface area contributed by atoms with Crippen LogP contribution in [0, 0.1) is 6.92 Å². The Morgan fingerprint density at radius 1 is 1.11 bits per heavy atom. The molecule has 1 heterocycles. The molecule has 0 bridgehead atoms. The highest BCUT2D eigenvalue weighted by Gasteiger charge is 2.26. The summed E-state index contributed by atoms with van der Waals surface area (Å²) >= 11 is 0. The Morgan fingerprint density at radius 2 is 1.74 bits per heavy atom. The average Bonchev–Trinajstić information content (AvgIpc) is 2.37. The van der Waals surface area contributed by atoms with Gasteiger partial charge in [-0.05, 0) is 33.8 Å². The smallest absolute Gasteiger partial charge is 0.0702 e. The molecule has 1 N–H and O–H groups in total. The van der Waals surface area contributed by atoms with E-state index in [9.17, 15) is 5.11 Å². The molecule has 0 spiro atoms. The van der Waals surface area contributed by atoms with E-state index in [1.54, 1.807) is 0 Å². The fraction of sp³-hybridized carbons (Fsp3) is 0.625. The summed E-state index contributed by atoms with van der Waals surface area (Å²) in [5, 5.41) is 9.52. The van der Waals surface area contributed by atoms with Crippen molar-refractivity contribution < 1.29 is 5.11 Å². The molecule has 2 rings (SSSR count). The first-order valence-corrected chi connectivity index (χ1v) is 7.12. The number of aliphatic hydroxyl groups is 1. The van der Waals surface area contributed by atoms with Gasteiger partial charge < -0.3 is 10.0 Å². The van der Waals surface area contributed by atoms with E-state index in [-0.39, 0.29) is 12.1 Å². The summed E-state index contributed by atoms with van der Waals surface area (Å²) in [7, 11) is 0. The zero-order valence-electron chi connectivity index (χ0n) is 12.6. The number of piperazine rings is 1. The third kappa shape index (κ3) is 3.28. The fourth-order valence-electron chi connectivity index (χ4n) is 2.77.